The van der Waals surface area contributed by atoms with Gasteiger partial charge in [-0.1, -0.05) is 27.8 Å². The molecule has 4 radical (unpaired) electrons. The first-order chi connectivity index (χ1) is 11.3. The summed E-state index contributed by atoms with van der Waals surface area (Å²) in [5.41, 5.74) is 6.69. The number of hydrogen-bond acceptors (Lipinski definition) is 5. The molecule has 2 rings (SSSR count). The van der Waals surface area contributed by atoms with Gasteiger partial charge in [0, 0.05) is 7.11 Å². The van der Waals surface area contributed by atoms with Crippen LogP contribution >= 0.6 is 8.58 Å². The molecule has 122 valence electrons. The summed E-state index contributed by atoms with van der Waals surface area (Å²) in [5, 5.41) is -1.33. The molecule has 2 aromatic heterocycles. The summed E-state index contributed by atoms with van der Waals surface area (Å²) < 4.78 is 7.14. The van der Waals surface area contributed by atoms with E-state index in [2.05, 4.69) is 20.9 Å². The molecule has 0 aliphatic carbocycles. The molecule has 0 amide bonds. The van der Waals surface area contributed by atoms with Crippen molar-refractivity contribution in [2.45, 2.75) is 37.1 Å². The van der Waals surface area contributed by atoms with Gasteiger partial charge in [0.05, 0.1) is 22.0 Å². The second kappa shape index (κ2) is 7.13. The second-order valence-electron chi connectivity index (χ2n) is 5.73. The standard InChI is InChI=1S/C15H20B2N5OP/c1-5-7-14(6-2,23-3)8-15(16,17)22-9-19-10-11(18)20-13(24-4)21-12(10)22/h2,9,24H,5,7-8H2,1,3-4H3,(H2,18,20,21)/t14-/m1/s1. The number of anilines is 1. The lowest BCUT2D eigenvalue weighted by molar-refractivity contribution is 0.0172. The fourth-order valence-electron chi connectivity index (χ4n) is 2.73. The van der Waals surface area contributed by atoms with E-state index >= 15 is 0 Å². The quantitative estimate of drug-likeness (QED) is 0.452. The molecule has 0 spiro atoms. The zero-order valence-corrected chi connectivity index (χ0v) is 15.2. The van der Waals surface area contributed by atoms with Crippen LogP contribution in [0.2, 0.25) is 0 Å². The molecule has 0 saturated carbocycles. The molecule has 0 aliphatic rings. The number of nitrogens with two attached hydrogens (primary N) is 1. The Hall–Kier alpha value is -1.57. The van der Waals surface area contributed by atoms with E-state index < -0.39 is 10.9 Å². The van der Waals surface area contributed by atoms with E-state index in [1.807, 2.05) is 13.6 Å². The monoisotopic (exact) mass is 339 g/mol. The maximum absolute atomic E-state index is 6.38. The fourth-order valence-corrected chi connectivity index (χ4v) is 3.18. The largest absolute Gasteiger partial charge is 0.382 e. The molecular weight excluding hydrogens is 319 g/mol. The van der Waals surface area contributed by atoms with Gasteiger partial charge in [0.25, 0.3) is 0 Å². The Morgan fingerprint density at radius 1 is 1.46 bits per heavy atom. The Balaban J connectivity index is 2.51. The molecule has 0 aromatic carbocycles. The van der Waals surface area contributed by atoms with Gasteiger partial charge in [-0.25, -0.2) is 15.0 Å². The predicted molar refractivity (Wildman–Crippen MR) is 101 cm³/mol. The number of aromatic nitrogens is 4. The third-order valence-corrected chi connectivity index (χ3v) is 4.64. The Kier molecular flexibility index (Phi) is 5.57. The first-order valence-corrected chi connectivity index (χ1v) is 9.12. The molecule has 2 heterocycles. The van der Waals surface area contributed by atoms with Gasteiger partial charge in [-0.15, -0.1) is 6.42 Å². The van der Waals surface area contributed by atoms with Crippen molar-refractivity contribution >= 4 is 46.8 Å². The number of nitrogens with zero attached hydrogens (tertiary/aromatic N) is 4. The maximum atomic E-state index is 6.38. The first kappa shape index (κ1) is 18.8. The van der Waals surface area contributed by atoms with E-state index in [1.165, 1.54) is 6.33 Å². The van der Waals surface area contributed by atoms with Crippen molar-refractivity contribution in [2.75, 3.05) is 19.5 Å². The summed E-state index contributed by atoms with van der Waals surface area (Å²) in [6.45, 7) is 3.99. The van der Waals surface area contributed by atoms with Crippen LogP contribution in [0.3, 0.4) is 0 Å². The highest BCUT2D eigenvalue weighted by molar-refractivity contribution is 7.45. The Bertz CT molecular complexity index is 773. The second-order valence-corrected chi connectivity index (χ2v) is 6.68. The number of terminal acetylenes is 1. The van der Waals surface area contributed by atoms with Crippen molar-refractivity contribution in [3.63, 3.8) is 0 Å². The van der Waals surface area contributed by atoms with Crippen molar-refractivity contribution < 1.29 is 4.74 Å². The van der Waals surface area contributed by atoms with E-state index in [9.17, 15) is 0 Å². The van der Waals surface area contributed by atoms with Gasteiger partial charge in [-0.2, -0.15) is 0 Å². The van der Waals surface area contributed by atoms with Gasteiger partial charge in [-0.05, 0) is 24.8 Å². The number of hydrogen-bond donors (Lipinski definition) is 1. The maximum Gasteiger partial charge on any atom is 0.165 e. The van der Waals surface area contributed by atoms with Crippen LogP contribution in [-0.4, -0.2) is 54.6 Å². The zero-order valence-electron chi connectivity index (χ0n) is 14.2. The minimum atomic E-state index is -1.33. The van der Waals surface area contributed by atoms with Gasteiger partial charge in [-0.3, -0.25) is 0 Å². The molecule has 24 heavy (non-hydrogen) atoms. The van der Waals surface area contributed by atoms with E-state index in [0.29, 0.717) is 37.5 Å². The number of ether oxygens (including phenoxy) is 1. The summed E-state index contributed by atoms with van der Waals surface area (Å²) in [6.07, 6.45) is 8.90. The van der Waals surface area contributed by atoms with Gasteiger partial charge in [0.15, 0.2) is 17.0 Å². The SMILES string of the molecule is [B]C([B])(C[C@@](C#C)(CCC)OC)n1cnc2c(N)nc(PC)nc21. The van der Waals surface area contributed by atoms with Gasteiger partial charge >= 0.3 is 0 Å². The van der Waals surface area contributed by atoms with Crippen molar-refractivity contribution in [1.82, 2.24) is 19.5 Å². The van der Waals surface area contributed by atoms with E-state index in [4.69, 9.17) is 32.6 Å². The molecule has 0 fully saturated rings. The number of nitrogen functional groups attached to an aromatic ring is 1. The van der Waals surface area contributed by atoms with Crippen molar-refractivity contribution in [3.8, 4) is 12.3 Å². The fraction of sp³-hybridized carbons (Fsp3) is 0.533. The lowest BCUT2D eigenvalue weighted by Gasteiger charge is -2.37. The Labute approximate surface area is 147 Å². The molecule has 0 saturated heterocycles. The van der Waals surface area contributed by atoms with E-state index in [-0.39, 0.29) is 6.42 Å². The van der Waals surface area contributed by atoms with Crippen molar-refractivity contribution in [2.24, 2.45) is 0 Å². The number of fused-ring (bicyclic) bond motifs is 1. The van der Waals surface area contributed by atoms with Crippen LogP contribution in [0, 0.1) is 12.3 Å². The lowest BCUT2D eigenvalue weighted by atomic mass is 9.56. The first-order valence-electron chi connectivity index (χ1n) is 7.62. The number of methoxy groups -OCH3 is 1. The lowest BCUT2D eigenvalue weighted by Crippen LogP contribution is -2.45. The topological polar surface area (TPSA) is 78.9 Å². The highest BCUT2D eigenvalue weighted by Gasteiger charge is 2.35. The molecular formula is C15H20B2N5OP. The summed E-state index contributed by atoms with van der Waals surface area (Å²) in [4.78, 5) is 12.9. The Morgan fingerprint density at radius 3 is 2.71 bits per heavy atom. The smallest absolute Gasteiger partial charge is 0.165 e. The third-order valence-electron chi connectivity index (χ3n) is 3.97. The minimum Gasteiger partial charge on any atom is -0.382 e. The van der Waals surface area contributed by atoms with E-state index in [0.717, 1.165) is 6.42 Å². The average Bonchev–Trinajstić information content (AvgIpc) is 2.99. The van der Waals surface area contributed by atoms with Crippen LogP contribution in [0.4, 0.5) is 5.82 Å². The highest BCUT2D eigenvalue weighted by Crippen LogP contribution is 2.31. The molecule has 2 N–H and O–H groups in total. The highest BCUT2D eigenvalue weighted by atomic mass is 31.1. The zero-order chi connectivity index (χ0) is 18.0. The van der Waals surface area contributed by atoms with Crippen LogP contribution in [0.1, 0.15) is 26.2 Å². The average molecular weight is 339 g/mol. The van der Waals surface area contributed by atoms with Gasteiger partial charge in [0.2, 0.25) is 0 Å². The van der Waals surface area contributed by atoms with Crippen LogP contribution < -0.4 is 11.3 Å². The molecule has 1 unspecified atom stereocenters. The van der Waals surface area contributed by atoms with Gasteiger partial charge in [0.1, 0.15) is 11.1 Å². The van der Waals surface area contributed by atoms with Crippen molar-refractivity contribution in [1.29, 1.82) is 0 Å². The predicted octanol–water partition coefficient (Wildman–Crippen LogP) is 0.498. The number of rotatable bonds is 7. The van der Waals surface area contributed by atoms with Crippen molar-refractivity contribution in [3.05, 3.63) is 6.33 Å². The van der Waals surface area contributed by atoms with Crippen LogP contribution in [0.5, 0.6) is 0 Å². The molecule has 2 aromatic rings. The summed E-state index contributed by atoms with van der Waals surface area (Å²) in [6, 6.07) is 0. The van der Waals surface area contributed by atoms with Crippen LogP contribution in [-0.2, 0) is 10.1 Å². The normalized spacial score (nSPS) is 14.9. The summed E-state index contributed by atoms with van der Waals surface area (Å²) in [5.74, 6) is 3.00. The molecule has 0 aliphatic heterocycles. The molecule has 0 bridgehead atoms. The van der Waals surface area contributed by atoms with E-state index in [1.54, 1.807) is 11.7 Å². The van der Waals surface area contributed by atoms with Crippen LogP contribution in [0.25, 0.3) is 11.2 Å². The van der Waals surface area contributed by atoms with Crippen LogP contribution in [0.15, 0.2) is 6.33 Å². The third kappa shape index (κ3) is 3.43. The minimum absolute atomic E-state index is 0.208. The summed E-state index contributed by atoms with van der Waals surface area (Å²) >= 11 is 0. The molecule has 2 atom stereocenters. The molecule has 9 heteroatoms. The number of imidazole rings is 1. The van der Waals surface area contributed by atoms with Gasteiger partial charge < -0.3 is 15.0 Å². The molecule has 6 nitrogen and oxygen atoms in total. The summed E-state index contributed by atoms with van der Waals surface area (Å²) in [7, 11) is 14.7. The Morgan fingerprint density at radius 2 is 2.17 bits per heavy atom.